The maximum atomic E-state index is 9.86. The van der Waals surface area contributed by atoms with Crippen molar-refractivity contribution in [3.05, 3.63) is 34.3 Å². The van der Waals surface area contributed by atoms with Crippen molar-refractivity contribution in [3.63, 3.8) is 0 Å². The van der Waals surface area contributed by atoms with E-state index >= 15 is 0 Å². The normalized spacial score (nSPS) is 34.7. The molecular weight excluding hydrogens is 314 g/mol. The van der Waals surface area contributed by atoms with Gasteiger partial charge in [0.25, 0.3) is 0 Å². The van der Waals surface area contributed by atoms with Crippen molar-refractivity contribution in [1.82, 2.24) is 5.32 Å². The molecule has 0 spiro atoms. The van der Waals surface area contributed by atoms with Gasteiger partial charge < -0.3 is 25.7 Å². The van der Waals surface area contributed by atoms with Crippen LogP contribution >= 0.6 is 15.9 Å². The van der Waals surface area contributed by atoms with Crippen LogP contribution in [0.3, 0.4) is 0 Å². The van der Waals surface area contributed by atoms with Crippen molar-refractivity contribution in [2.45, 2.75) is 30.9 Å². The summed E-state index contributed by atoms with van der Waals surface area (Å²) in [5.74, 6) is -0.569. The van der Waals surface area contributed by atoms with Gasteiger partial charge in [-0.05, 0) is 17.7 Å². The Balaban J connectivity index is 1.99. The molecule has 5 atom stereocenters. The lowest BCUT2D eigenvalue weighted by atomic mass is 10.0. The second-order valence-electron chi connectivity index (χ2n) is 4.85. The molecule has 0 aromatic heterocycles. The fraction of sp³-hybridized carbons (Fsp3) is 0.538. The van der Waals surface area contributed by atoms with Crippen LogP contribution in [-0.4, -0.2) is 51.4 Å². The average molecular weight is 332 g/mol. The molecule has 5 nitrogen and oxygen atoms in total. The molecule has 1 aromatic rings. The summed E-state index contributed by atoms with van der Waals surface area (Å²) in [6.07, 6.45) is -3.41. The highest BCUT2D eigenvalue weighted by Crippen LogP contribution is 2.27. The van der Waals surface area contributed by atoms with E-state index in [1.165, 1.54) is 0 Å². The topological polar surface area (TPSA) is 93.0 Å². The van der Waals surface area contributed by atoms with E-state index in [2.05, 4.69) is 21.2 Å². The Morgan fingerprint density at radius 2 is 1.63 bits per heavy atom. The molecule has 0 heterocycles. The minimum absolute atomic E-state index is 0.284. The van der Waals surface area contributed by atoms with Crippen molar-refractivity contribution >= 4 is 15.9 Å². The van der Waals surface area contributed by atoms with Gasteiger partial charge in [0, 0.05) is 23.0 Å². The van der Waals surface area contributed by atoms with Crippen molar-refractivity contribution in [2.75, 3.05) is 6.61 Å². The van der Waals surface area contributed by atoms with Crippen LogP contribution in [0.1, 0.15) is 5.56 Å². The highest BCUT2D eigenvalue weighted by atomic mass is 79.9. The SMILES string of the molecule is OC[C@@H]1[C@H](O)[C@H](O)[C@@H](O)[C@@H]1NCc1ccc(Br)cc1. The van der Waals surface area contributed by atoms with Crippen LogP contribution in [0.5, 0.6) is 0 Å². The van der Waals surface area contributed by atoms with E-state index in [9.17, 15) is 20.4 Å². The number of benzene rings is 1. The molecule has 0 amide bonds. The number of nitrogens with one attached hydrogen (secondary N) is 1. The quantitative estimate of drug-likeness (QED) is 0.518. The van der Waals surface area contributed by atoms with E-state index in [1.54, 1.807) is 0 Å². The lowest BCUT2D eigenvalue weighted by molar-refractivity contribution is -0.0312. The van der Waals surface area contributed by atoms with E-state index in [1.807, 2.05) is 24.3 Å². The number of aliphatic hydroxyl groups excluding tert-OH is 4. The van der Waals surface area contributed by atoms with Crippen molar-refractivity contribution in [1.29, 1.82) is 0 Å². The van der Waals surface area contributed by atoms with Gasteiger partial charge in [0.1, 0.15) is 6.10 Å². The molecule has 1 saturated carbocycles. The summed E-state index contributed by atoms with van der Waals surface area (Å²) >= 11 is 3.35. The predicted molar refractivity (Wildman–Crippen MR) is 73.4 cm³/mol. The van der Waals surface area contributed by atoms with Gasteiger partial charge in [-0.2, -0.15) is 0 Å². The molecule has 0 bridgehead atoms. The molecule has 1 aromatic carbocycles. The number of hydrogen-bond acceptors (Lipinski definition) is 5. The van der Waals surface area contributed by atoms with E-state index in [0.29, 0.717) is 6.54 Å². The number of hydrogen-bond donors (Lipinski definition) is 5. The van der Waals surface area contributed by atoms with Gasteiger partial charge in [0.15, 0.2) is 0 Å². The predicted octanol–water partition coefficient (Wildman–Crippen LogP) is -0.388. The number of aliphatic hydroxyl groups is 4. The molecule has 0 unspecified atom stereocenters. The van der Waals surface area contributed by atoms with Gasteiger partial charge in [-0.3, -0.25) is 0 Å². The van der Waals surface area contributed by atoms with E-state index < -0.39 is 30.3 Å². The first-order valence-electron chi connectivity index (χ1n) is 6.17. The number of halogens is 1. The van der Waals surface area contributed by atoms with Gasteiger partial charge in [0.05, 0.1) is 18.8 Å². The zero-order chi connectivity index (χ0) is 14.0. The first-order chi connectivity index (χ1) is 9.04. The highest BCUT2D eigenvalue weighted by molar-refractivity contribution is 9.10. The molecular formula is C13H18BrNO4. The van der Waals surface area contributed by atoms with Gasteiger partial charge in [-0.1, -0.05) is 28.1 Å². The van der Waals surface area contributed by atoms with E-state index in [4.69, 9.17) is 0 Å². The highest BCUT2D eigenvalue weighted by Gasteiger charge is 2.48. The zero-order valence-corrected chi connectivity index (χ0v) is 11.9. The minimum atomic E-state index is -1.22. The van der Waals surface area contributed by atoms with Gasteiger partial charge in [-0.25, -0.2) is 0 Å². The largest absolute Gasteiger partial charge is 0.396 e. The maximum Gasteiger partial charge on any atom is 0.108 e. The molecule has 0 radical (unpaired) electrons. The smallest absolute Gasteiger partial charge is 0.108 e. The third kappa shape index (κ3) is 3.16. The Kier molecular flexibility index (Phi) is 4.94. The Labute approximate surface area is 120 Å². The van der Waals surface area contributed by atoms with Crippen LogP contribution in [0, 0.1) is 5.92 Å². The van der Waals surface area contributed by atoms with Gasteiger partial charge in [-0.15, -0.1) is 0 Å². The summed E-state index contributed by atoms with van der Waals surface area (Å²) in [6, 6.07) is 7.15. The van der Waals surface area contributed by atoms with Gasteiger partial charge in [0.2, 0.25) is 0 Å². The lowest BCUT2D eigenvalue weighted by Crippen LogP contribution is -2.43. The Bertz CT molecular complexity index is 414. The maximum absolute atomic E-state index is 9.86. The van der Waals surface area contributed by atoms with Crippen molar-refractivity contribution < 1.29 is 20.4 Å². The minimum Gasteiger partial charge on any atom is -0.396 e. The molecule has 106 valence electrons. The second kappa shape index (κ2) is 6.30. The Morgan fingerprint density at radius 1 is 1.00 bits per heavy atom. The molecule has 0 saturated heterocycles. The van der Waals surface area contributed by atoms with Crippen LogP contribution < -0.4 is 5.32 Å². The van der Waals surface area contributed by atoms with Crippen LogP contribution in [0.25, 0.3) is 0 Å². The second-order valence-corrected chi connectivity index (χ2v) is 5.77. The van der Waals surface area contributed by atoms with Gasteiger partial charge >= 0.3 is 0 Å². The zero-order valence-electron chi connectivity index (χ0n) is 10.3. The first kappa shape index (κ1) is 14.9. The molecule has 1 aliphatic carbocycles. The van der Waals surface area contributed by atoms with Crippen LogP contribution in [-0.2, 0) is 6.54 Å². The molecule has 5 N–H and O–H groups in total. The van der Waals surface area contributed by atoms with Crippen LogP contribution in [0.2, 0.25) is 0 Å². The molecule has 6 heteroatoms. The summed E-state index contributed by atoms with van der Waals surface area (Å²) in [5, 5.41) is 41.5. The summed E-state index contributed by atoms with van der Waals surface area (Å²) in [5.41, 5.74) is 1.02. The fourth-order valence-electron chi connectivity index (χ4n) is 2.47. The monoisotopic (exact) mass is 331 g/mol. The fourth-order valence-corrected chi connectivity index (χ4v) is 2.73. The Hall–Kier alpha value is -0.500. The number of rotatable bonds is 4. The van der Waals surface area contributed by atoms with Crippen molar-refractivity contribution in [2.24, 2.45) is 5.92 Å². The molecule has 1 aliphatic rings. The third-order valence-electron chi connectivity index (χ3n) is 3.63. The van der Waals surface area contributed by atoms with Crippen LogP contribution in [0.4, 0.5) is 0 Å². The molecule has 2 rings (SSSR count). The first-order valence-corrected chi connectivity index (χ1v) is 6.96. The van der Waals surface area contributed by atoms with E-state index in [-0.39, 0.29) is 6.61 Å². The standard InChI is InChI=1S/C13H18BrNO4/c14-8-3-1-7(2-4-8)5-15-10-9(6-16)11(17)13(19)12(10)18/h1-4,9-13,15-19H,5-6H2/t9-,10+,11-,12-,13-/m0/s1. The molecule has 1 fully saturated rings. The Morgan fingerprint density at radius 3 is 2.21 bits per heavy atom. The molecule has 19 heavy (non-hydrogen) atoms. The lowest BCUT2D eigenvalue weighted by Gasteiger charge is -2.22. The summed E-state index contributed by atoms with van der Waals surface area (Å²) in [4.78, 5) is 0. The van der Waals surface area contributed by atoms with E-state index in [0.717, 1.165) is 10.0 Å². The van der Waals surface area contributed by atoms with Crippen LogP contribution in [0.15, 0.2) is 28.7 Å². The summed E-state index contributed by atoms with van der Waals surface area (Å²) in [7, 11) is 0. The van der Waals surface area contributed by atoms with Crippen molar-refractivity contribution in [3.8, 4) is 0 Å². The average Bonchev–Trinajstić information content (AvgIpc) is 2.62. The molecule has 0 aliphatic heterocycles. The third-order valence-corrected chi connectivity index (χ3v) is 4.16. The summed E-state index contributed by atoms with van der Waals surface area (Å²) < 4.78 is 0.983. The summed E-state index contributed by atoms with van der Waals surface area (Å²) in [6.45, 7) is 0.207.